The Morgan fingerprint density at radius 1 is 1.18 bits per heavy atom. The van der Waals surface area contributed by atoms with E-state index in [9.17, 15) is 4.79 Å². The van der Waals surface area contributed by atoms with Crippen LogP contribution in [0.3, 0.4) is 0 Å². The summed E-state index contributed by atoms with van der Waals surface area (Å²) in [6.07, 6.45) is 1.67. The molecule has 92 valence electrons. The van der Waals surface area contributed by atoms with Gasteiger partial charge in [-0.1, -0.05) is 28.1 Å². The molecule has 0 radical (unpaired) electrons. The lowest BCUT2D eigenvalue weighted by Crippen LogP contribution is -2.10. The molecule has 0 amide bonds. The highest BCUT2D eigenvalue weighted by molar-refractivity contribution is 9.10. The molecule has 1 aromatic carbocycles. The molecule has 1 rings (SSSR count). The lowest BCUT2D eigenvalue weighted by Gasteiger charge is -2.07. The van der Waals surface area contributed by atoms with Gasteiger partial charge in [0.05, 0.1) is 13.2 Å². The summed E-state index contributed by atoms with van der Waals surface area (Å²) >= 11 is 3.35. The van der Waals surface area contributed by atoms with Gasteiger partial charge >= 0.3 is 5.97 Å². The number of carbonyl (C=O) groups excluding carboxylic acids is 1. The van der Waals surface area contributed by atoms with Gasteiger partial charge < -0.3 is 9.47 Å². The maximum atomic E-state index is 11.6. The van der Waals surface area contributed by atoms with Crippen molar-refractivity contribution in [2.75, 3.05) is 13.2 Å². The molecule has 0 aliphatic heterocycles. The van der Waals surface area contributed by atoms with E-state index in [-0.39, 0.29) is 5.76 Å². The van der Waals surface area contributed by atoms with Crippen molar-refractivity contribution in [3.8, 4) is 0 Å². The predicted octanol–water partition coefficient (Wildman–Crippen LogP) is 3.39. The van der Waals surface area contributed by atoms with Crippen LogP contribution in [0.25, 0.3) is 6.08 Å². The predicted molar refractivity (Wildman–Crippen MR) is 70.4 cm³/mol. The monoisotopic (exact) mass is 298 g/mol. The summed E-state index contributed by atoms with van der Waals surface area (Å²) in [5.41, 5.74) is 0.893. The Balaban J connectivity index is 2.89. The zero-order valence-electron chi connectivity index (χ0n) is 9.90. The first-order chi connectivity index (χ1) is 8.17. The molecule has 0 saturated heterocycles. The number of halogens is 1. The van der Waals surface area contributed by atoms with Crippen molar-refractivity contribution in [1.82, 2.24) is 0 Å². The SMILES string of the molecule is CCOC(=O)C(=Cc1ccc(Br)cc1)OCC. The number of hydrogen-bond donors (Lipinski definition) is 0. The summed E-state index contributed by atoms with van der Waals surface area (Å²) < 4.78 is 11.2. The van der Waals surface area contributed by atoms with Crippen LogP contribution >= 0.6 is 15.9 Å². The lowest BCUT2D eigenvalue weighted by atomic mass is 10.2. The van der Waals surface area contributed by atoms with Gasteiger partial charge in [-0.3, -0.25) is 0 Å². The molecule has 0 N–H and O–H groups in total. The Bertz CT molecular complexity index is 396. The molecule has 3 nitrogen and oxygen atoms in total. The molecule has 0 unspecified atom stereocenters. The van der Waals surface area contributed by atoms with Crippen LogP contribution in [0.1, 0.15) is 19.4 Å². The second kappa shape index (κ2) is 7.12. The van der Waals surface area contributed by atoms with E-state index in [1.54, 1.807) is 13.0 Å². The molecule has 0 atom stereocenters. The average Bonchev–Trinajstić information content (AvgIpc) is 2.31. The van der Waals surface area contributed by atoms with Gasteiger partial charge in [0.2, 0.25) is 5.76 Å². The van der Waals surface area contributed by atoms with Crippen LogP contribution in [0.4, 0.5) is 0 Å². The van der Waals surface area contributed by atoms with Crippen molar-refractivity contribution in [2.45, 2.75) is 13.8 Å². The third-order valence-electron chi connectivity index (χ3n) is 1.94. The van der Waals surface area contributed by atoms with E-state index in [4.69, 9.17) is 9.47 Å². The van der Waals surface area contributed by atoms with E-state index in [1.165, 1.54) is 0 Å². The fraction of sp³-hybridized carbons (Fsp3) is 0.308. The summed E-state index contributed by atoms with van der Waals surface area (Å²) in [6.45, 7) is 4.36. The van der Waals surface area contributed by atoms with Crippen molar-refractivity contribution >= 4 is 28.0 Å². The molecule has 0 spiro atoms. The summed E-state index contributed by atoms with van der Waals surface area (Å²) in [5.74, 6) is -0.200. The van der Waals surface area contributed by atoms with E-state index in [1.807, 2.05) is 31.2 Å². The highest BCUT2D eigenvalue weighted by atomic mass is 79.9. The second-order valence-electron chi connectivity index (χ2n) is 3.21. The minimum absolute atomic E-state index is 0.233. The van der Waals surface area contributed by atoms with Crippen molar-refractivity contribution in [2.24, 2.45) is 0 Å². The second-order valence-corrected chi connectivity index (χ2v) is 4.13. The summed E-state index contributed by atoms with van der Waals surface area (Å²) in [6, 6.07) is 7.59. The standard InChI is InChI=1S/C13H15BrO3/c1-3-16-12(13(15)17-4-2)9-10-5-7-11(14)8-6-10/h5-9H,3-4H2,1-2H3. The van der Waals surface area contributed by atoms with Gasteiger partial charge in [-0.2, -0.15) is 0 Å². The van der Waals surface area contributed by atoms with E-state index in [0.717, 1.165) is 10.0 Å². The smallest absolute Gasteiger partial charge is 0.373 e. The van der Waals surface area contributed by atoms with Gasteiger partial charge in [0.25, 0.3) is 0 Å². The summed E-state index contributed by atoms with van der Waals surface area (Å²) in [7, 11) is 0. The van der Waals surface area contributed by atoms with Gasteiger partial charge in [0.1, 0.15) is 0 Å². The van der Waals surface area contributed by atoms with Crippen LogP contribution in [0.5, 0.6) is 0 Å². The van der Waals surface area contributed by atoms with Gasteiger partial charge in [-0.15, -0.1) is 0 Å². The van der Waals surface area contributed by atoms with Crippen molar-refractivity contribution in [1.29, 1.82) is 0 Å². The van der Waals surface area contributed by atoms with Crippen molar-refractivity contribution in [3.05, 3.63) is 40.1 Å². The largest absolute Gasteiger partial charge is 0.487 e. The van der Waals surface area contributed by atoms with Crippen LogP contribution < -0.4 is 0 Å². The minimum Gasteiger partial charge on any atom is -0.487 e. The molecule has 1 aromatic rings. The first-order valence-electron chi connectivity index (χ1n) is 5.44. The number of benzene rings is 1. The third-order valence-corrected chi connectivity index (χ3v) is 2.47. The van der Waals surface area contributed by atoms with Gasteiger partial charge in [0.15, 0.2) is 0 Å². The number of rotatable bonds is 5. The summed E-state index contributed by atoms with van der Waals surface area (Å²) in [4.78, 5) is 11.6. The number of esters is 1. The van der Waals surface area contributed by atoms with E-state index in [2.05, 4.69) is 15.9 Å². The van der Waals surface area contributed by atoms with Crippen LogP contribution in [0.15, 0.2) is 34.5 Å². The molecule has 0 saturated carbocycles. The molecular formula is C13H15BrO3. The fourth-order valence-corrected chi connectivity index (χ4v) is 1.49. The Hall–Kier alpha value is -1.29. The molecule has 17 heavy (non-hydrogen) atoms. The highest BCUT2D eigenvalue weighted by Crippen LogP contribution is 2.14. The van der Waals surface area contributed by atoms with Crippen LogP contribution in [0, 0.1) is 0 Å². The summed E-state index contributed by atoms with van der Waals surface area (Å²) in [5, 5.41) is 0. The van der Waals surface area contributed by atoms with E-state index >= 15 is 0 Å². The van der Waals surface area contributed by atoms with Crippen molar-refractivity contribution < 1.29 is 14.3 Å². The number of ether oxygens (including phenoxy) is 2. The van der Waals surface area contributed by atoms with Crippen LogP contribution in [-0.4, -0.2) is 19.2 Å². The van der Waals surface area contributed by atoms with E-state index < -0.39 is 5.97 Å². The molecule has 0 aliphatic carbocycles. The maximum absolute atomic E-state index is 11.6. The number of hydrogen-bond acceptors (Lipinski definition) is 3. The van der Waals surface area contributed by atoms with Gasteiger partial charge in [0, 0.05) is 4.47 Å². The quantitative estimate of drug-likeness (QED) is 0.475. The Kier molecular flexibility index (Phi) is 5.77. The highest BCUT2D eigenvalue weighted by Gasteiger charge is 2.11. The third kappa shape index (κ3) is 4.61. The zero-order valence-corrected chi connectivity index (χ0v) is 11.5. The maximum Gasteiger partial charge on any atom is 0.373 e. The first kappa shape index (κ1) is 13.8. The fourth-order valence-electron chi connectivity index (χ4n) is 1.23. The molecule has 4 heteroatoms. The van der Waals surface area contributed by atoms with E-state index in [0.29, 0.717) is 13.2 Å². The first-order valence-corrected chi connectivity index (χ1v) is 6.23. The molecular weight excluding hydrogens is 284 g/mol. The molecule has 0 aliphatic rings. The average molecular weight is 299 g/mol. The Morgan fingerprint density at radius 3 is 2.29 bits per heavy atom. The molecule has 0 fully saturated rings. The lowest BCUT2D eigenvalue weighted by molar-refractivity contribution is -0.142. The normalized spacial score (nSPS) is 11.1. The Labute approximate surface area is 110 Å². The van der Waals surface area contributed by atoms with Gasteiger partial charge in [-0.05, 0) is 37.6 Å². The minimum atomic E-state index is -0.433. The number of carbonyl (C=O) groups is 1. The zero-order chi connectivity index (χ0) is 12.7. The van der Waals surface area contributed by atoms with Gasteiger partial charge in [-0.25, -0.2) is 4.79 Å². The molecule has 0 bridgehead atoms. The van der Waals surface area contributed by atoms with Crippen molar-refractivity contribution in [3.63, 3.8) is 0 Å². The Morgan fingerprint density at radius 2 is 1.76 bits per heavy atom. The van der Waals surface area contributed by atoms with Crippen LogP contribution in [-0.2, 0) is 14.3 Å². The van der Waals surface area contributed by atoms with Crippen LogP contribution in [0.2, 0.25) is 0 Å². The molecule has 0 aromatic heterocycles. The molecule has 0 heterocycles. The topological polar surface area (TPSA) is 35.5 Å².